The first-order chi connectivity index (χ1) is 11.6. The fraction of sp³-hybridized carbons (Fsp3) is 0.0588. The zero-order chi connectivity index (χ0) is 16.9. The second kappa shape index (κ2) is 7.01. The standard InChI is InChI=1S/C17H14N4O2S/c1-12-2-4-13(5-3-12)10-18-20-17-19-16(11-24-17)14-6-8-15(9-7-14)21(22)23/h2-11H,1H3,(H,19,20)/b18-10+. The fourth-order valence-electron chi connectivity index (χ4n) is 2.03. The van der Waals surface area contributed by atoms with Crippen LogP contribution in [0.4, 0.5) is 10.8 Å². The van der Waals surface area contributed by atoms with Crippen LogP contribution in [-0.2, 0) is 0 Å². The molecule has 0 aliphatic heterocycles. The Morgan fingerprint density at radius 1 is 1.17 bits per heavy atom. The molecule has 0 radical (unpaired) electrons. The van der Waals surface area contributed by atoms with E-state index in [1.807, 2.05) is 36.6 Å². The van der Waals surface area contributed by atoms with Crippen LogP contribution in [-0.4, -0.2) is 16.1 Å². The number of hydrazone groups is 1. The van der Waals surface area contributed by atoms with E-state index in [9.17, 15) is 10.1 Å². The van der Waals surface area contributed by atoms with Crippen molar-refractivity contribution in [3.8, 4) is 11.3 Å². The Bertz CT molecular complexity index is 870. The van der Waals surface area contributed by atoms with Gasteiger partial charge in [-0.1, -0.05) is 29.8 Å². The second-order valence-electron chi connectivity index (χ2n) is 5.12. The van der Waals surface area contributed by atoms with Crippen LogP contribution >= 0.6 is 11.3 Å². The highest BCUT2D eigenvalue weighted by Crippen LogP contribution is 2.26. The molecule has 0 amide bonds. The molecular formula is C17H14N4O2S. The third kappa shape index (κ3) is 3.82. The van der Waals surface area contributed by atoms with Gasteiger partial charge in [0.1, 0.15) is 0 Å². The molecule has 7 heteroatoms. The van der Waals surface area contributed by atoms with Crippen molar-refractivity contribution in [3.05, 3.63) is 75.2 Å². The highest BCUT2D eigenvalue weighted by atomic mass is 32.1. The molecule has 0 fully saturated rings. The van der Waals surface area contributed by atoms with Crippen molar-refractivity contribution >= 4 is 28.4 Å². The van der Waals surface area contributed by atoms with Gasteiger partial charge >= 0.3 is 0 Å². The molecule has 3 aromatic rings. The normalized spacial score (nSPS) is 10.9. The maximum Gasteiger partial charge on any atom is 0.269 e. The number of thiazole rings is 1. The van der Waals surface area contributed by atoms with Crippen molar-refractivity contribution in [2.75, 3.05) is 5.43 Å². The van der Waals surface area contributed by atoms with Crippen molar-refractivity contribution < 1.29 is 4.92 Å². The first kappa shape index (κ1) is 15.8. The smallest absolute Gasteiger partial charge is 0.258 e. The molecule has 0 aliphatic rings. The summed E-state index contributed by atoms with van der Waals surface area (Å²) in [5.41, 5.74) is 6.74. The summed E-state index contributed by atoms with van der Waals surface area (Å²) in [6.07, 6.45) is 1.73. The van der Waals surface area contributed by atoms with Crippen LogP contribution in [0, 0.1) is 17.0 Å². The molecule has 6 nitrogen and oxygen atoms in total. The van der Waals surface area contributed by atoms with Crippen molar-refractivity contribution in [1.29, 1.82) is 0 Å². The Morgan fingerprint density at radius 3 is 2.54 bits per heavy atom. The molecule has 0 spiro atoms. The Hall–Kier alpha value is -3.06. The summed E-state index contributed by atoms with van der Waals surface area (Å²) in [6, 6.07) is 14.3. The predicted octanol–water partition coefficient (Wildman–Crippen LogP) is 4.47. The molecule has 1 heterocycles. The number of rotatable bonds is 5. The fourth-order valence-corrected chi connectivity index (χ4v) is 2.69. The number of hydrogen-bond acceptors (Lipinski definition) is 6. The number of nitro groups is 1. The largest absolute Gasteiger partial charge is 0.269 e. The van der Waals surface area contributed by atoms with Gasteiger partial charge in [0.05, 0.1) is 16.8 Å². The quantitative estimate of drug-likeness (QED) is 0.423. The summed E-state index contributed by atoms with van der Waals surface area (Å²) in [5, 5.41) is 17.4. The minimum Gasteiger partial charge on any atom is -0.258 e. The Labute approximate surface area is 142 Å². The summed E-state index contributed by atoms with van der Waals surface area (Å²) in [7, 11) is 0. The maximum atomic E-state index is 10.7. The van der Waals surface area contributed by atoms with Crippen molar-refractivity contribution in [3.63, 3.8) is 0 Å². The Kier molecular flexibility index (Phi) is 4.62. The average Bonchev–Trinajstić information content (AvgIpc) is 3.06. The number of nitrogens with zero attached hydrogens (tertiary/aromatic N) is 3. The van der Waals surface area contributed by atoms with E-state index in [0.717, 1.165) is 16.8 Å². The second-order valence-corrected chi connectivity index (χ2v) is 5.98. The SMILES string of the molecule is Cc1ccc(/C=N/Nc2nc(-c3ccc([N+](=O)[O-])cc3)cs2)cc1. The number of anilines is 1. The van der Waals surface area contributed by atoms with E-state index in [1.54, 1.807) is 18.3 Å². The summed E-state index contributed by atoms with van der Waals surface area (Å²) in [5.74, 6) is 0. The van der Waals surface area contributed by atoms with Crippen LogP contribution in [0.1, 0.15) is 11.1 Å². The van der Waals surface area contributed by atoms with Crippen molar-refractivity contribution in [2.45, 2.75) is 6.92 Å². The topological polar surface area (TPSA) is 80.4 Å². The van der Waals surface area contributed by atoms with Gasteiger partial charge in [-0.05, 0) is 24.6 Å². The van der Waals surface area contributed by atoms with Gasteiger partial charge in [0.15, 0.2) is 0 Å². The molecule has 3 rings (SSSR count). The molecule has 0 bridgehead atoms. The molecule has 0 saturated heterocycles. The van der Waals surface area contributed by atoms with Crippen LogP contribution in [0.3, 0.4) is 0 Å². The third-order valence-electron chi connectivity index (χ3n) is 3.33. The number of benzene rings is 2. The number of non-ortho nitro benzene ring substituents is 1. The predicted molar refractivity (Wildman–Crippen MR) is 96.6 cm³/mol. The van der Waals surface area contributed by atoms with Gasteiger partial charge in [-0.3, -0.25) is 15.5 Å². The first-order valence-corrected chi connectivity index (χ1v) is 8.06. The van der Waals surface area contributed by atoms with Gasteiger partial charge in [0, 0.05) is 23.1 Å². The van der Waals surface area contributed by atoms with E-state index < -0.39 is 4.92 Å². The van der Waals surface area contributed by atoms with Gasteiger partial charge in [0.2, 0.25) is 5.13 Å². The molecule has 120 valence electrons. The Morgan fingerprint density at radius 2 is 1.88 bits per heavy atom. The van der Waals surface area contributed by atoms with Crippen molar-refractivity contribution in [2.24, 2.45) is 5.10 Å². The summed E-state index contributed by atoms with van der Waals surface area (Å²) in [4.78, 5) is 14.7. The molecule has 1 aromatic heterocycles. The summed E-state index contributed by atoms with van der Waals surface area (Å²) < 4.78 is 0. The third-order valence-corrected chi connectivity index (χ3v) is 4.08. The molecule has 1 N–H and O–H groups in total. The number of hydrogen-bond donors (Lipinski definition) is 1. The zero-order valence-corrected chi connectivity index (χ0v) is 13.7. The van der Waals surface area contributed by atoms with E-state index in [4.69, 9.17) is 0 Å². The molecule has 0 unspecified atom stereocenters. The summed E-state index contributed by atoms with van der Waals surface area (Å²) >= 11 is 1.42. The van der Waals surface area contributed by atoms with E-state index in [0.29, 0.717) is 5.13 Å². The van der Waals surface area contributed by atoms with Crippen LogP contribution in [0.25, 0.3) is 11.3 Å². The molecule has 0 atom stereocenters. The Balaban J connectivity index is 1.67. The van der Waals surface area contributed by atoms with Gasteiger partial charge in [-0.25, -0.2) is 4.98 Å². The number of aromatic nitrogens is 1. The lowest BCUT2D eigenvalue weighted by atomic mass is 10.1. The van der Waals surface area contributed by atoms with E-state index in [1.165, 1.54) is 29.0 Å². The maximum absolute atomic E-state index is 10.7. The highest BCUT2D eigenvalue weighted by molar-refractivity contribution is 7.14. The van der Waals surface area contributed by atoms with E-state index in [2.05, 4.69) is 15.5 Å². The van der Waals surface area contributed by atoms with Crippen LogP contribution in [0.2, 0.25) is 0 Å². The van der Waals surface area contributed by atoms with Crippen LogP contribution in [0.15, 0.2) is 59.0 Å². The summed E-state index contributed by atoms with van der Waals surface area (Å²) in [6.45, 7) is 2.04. The lowest BCUT2D eigenvalue weighted by molar-refractivity contribution is -0.384. The lowest BCUT2D eigenvalue weighted by Gasteiger charge is -1.97. The minimum atomic E-state index is -0.419. The van der Waals surface area contributed by atoms with E-state index in [-0.39, 0.29) is 5.69 Å². The number of aryl methyl sites for hydroxylation is 1. The van der Waals surface area contributed by atoms with Gasteiger partial charge in [-0.15, -0.1) is 11.3 Å². The monoisotopic (exact) mass is 338 g/mol. The molecule has 2 aromatic carbocycles. The number of nitro benzene ring substituents is 1. The average molecular weight is 338 g/mol. The zero-order valence-electron chi connectivity index (χ0n) is 12.8. The molecule has 0 saturated carbocycles. The molecule has 0 aliphatic carbocycles. The van der Waals surface area contributed by atoms with Gasteiger partial charge in [0.25, 0.3) is 5.69 Å². The molecule has 24 heavy (non-hydrogen) atoms. The van der Waals surface area contributed by atoms with Crippen molar-refractivity contribution in [1.82, 2.24) is 4.98 Å². The minimum absolute atomic E-state index is 0.0648. The highest BCUT2D eigenvalue weighted by Gasteiger charge is 2.07. The number of nitrogens with one attached hydrogen (secondary N) is 1. The van der Waals surface area contributed by atoms with E-state index >= 15 is 0 Å². The van der Waals surface area contributed by atoms with Gasteiger partial charge < -0.3 is 0 Å². The molecular weight excluding hydrogens is 324 g/mol. The lowest BCUT2D eigenvalue weighted by Crippen LogP contribution is -1.90. The van der Waals surface area contributed by atoms with Gasteiger partial charge in [-0.2, -0.15) is 5.10 Å². The van der Waals surface area contributed by atoms with Crippen LogP contribution < -0.4 is 5.43 Å². The van der Waals surface area contributed by atoms with Crippen LogP contribution in [0.5, 0.6) is 0 Å². The first-order valence-electron chi connectivity index (χ1n) is 7.18.